The van der Waals surface area contributed by atoms with E-state index < -0.39 is 18.2 Å². The van der Waals surface area contributed by atoms with E-state index in [1.54, 1.807) is 0 Å². The minimum atomic E-state index is -4.93. The van der Waals surface area contributed by atoms with Crippen LogP contribution in [0.15, 0.2) is 0 Å². The van der Waals surface area contributed by atoms with Crippen molar-refractivity contribution in [1.29, 1.82) is 0 Å². The van der Waals surface area contributed by atoms with E-state index in [0.29, 0.717) is 0 Å². The van der Waals surface area contributed by atoms with Crippen molar-refractivity contribution in [1.82, 2.24) is 10.2 Å². The number of hydrogen-bond acceptors (Lipinski definition) is 2. The second-order valence-corrected chi connectivity index (χ2v) is 2.46. The van der Waals surface area contributed by atoms with Gasteiger partial charge in [0.2, 0.25) is 0 Å². The van der Waals surface area contributed by atoms with Crippen molar-refractivity contribution < 1.29 is 27.9 Å². The van der Waals surface area contributed by atoms with Crippen LogP contribution < -0.4 is 5.32 Å². The summed E-state index contributed by atoms with van der Waals surface area (Å²) in [5, 5.41) is 9.84. The Labute approximate surface area is 77.5 Å². The normalized spacial score (nSPS) is 10.9. The number of hydrogen-bond donors (Lipinski definition) is 2. The molecule has 0 aromatic heterocycles. The second kappa shape index (κ2) is 4.68. The highest BCUT2D eigenvalue weighted by atomic mass is 19.4. The van der Waals surface area contributed by atoms with Gasteiger partial charge in [-0.25, -0.2) is 4.79 Å². The average Bonchev–Trinajstić information content (AvgIpc) is 2.01. The fourth-order valence-electron chi connectivity index (χ4n) is 0.533. The zero-order valence-electron chi connectivity index (χ0n) is 7.26. The summed E-state index contributed by atoms with van der Waals surface area (Å²) in [4.78, 5) is 21.1. The Morgan fingerprint density at radius 3 is 2.29 bits per heavy atom. The van der Waals surface area contributed by atoms with Crippen molar-refractivity contribution in [2.24, 2.45) is 0 Å². The van der Waals surface area contributed by atoms with Gasteiger partial charge in [-0.15, -0.1) is 0 Å². The fraction of sp³-hybridized carbons (Fsp3) is 0.667. The zero-order chi connectivity index (χ0) is 11.4. The molecule has 0 fully saturated rings. The third kappa shape index (κ3) is 4.53. The molecule has 0 aliphatic heterocycles. The second-order valence-electron chi connectivity index (χ2n) is 2.46. The summed E-state index contributed by atoms with van der Waals surface area (Å²) in [5.41, 5.74) is 0. The highest BCUT2D eigenvalue weighted by Gasteiger charge is 2.38. The first-order valence-corrected chi connectivity index (χ1v) is 3.54. The van der Waals surface area contributed by atoms with E-state index in [1.165, 1.54) is 12.4 Å². The van der Waals surface area contributed by atoms with Crippen molar-refractivity contribution in [3.8, 4) is 0 Å². The van der Waals surface area contributed by atoms with Crippen LogP contribution in [-0.2, 0) is 4.79 Å². The SMILES string of the molecule is CN(CCNC(=O)C(F)(F)F)C(=O)O. The maximum absolute atomic E-state index is 11.6. The first kappa shape index (κ1) is 12.5. The van der Waals surface area contributed by atoms with Crippen LogP contribution in [0.1, 0.15) is 0 Å². The Morgan fingerprint density at radius 1 is 1.43 bits per heavy atom. The number of carboxylic acid groups (broad SMARTS) is 1. The molecule has 0 spiro atoms. The molecule has 0 radical (unpaired) electrons. The van der Waals surface area contributed by atoms with Gasteiger partial charge in [-0.3, -0.25) is 4.79 Å². The number of amides is 2. The lowest BCUT2D eigenvalue weighted by Gasteiger charge is -2.13. The van der Waals surface area contributed by atoms with E-state index in [1.807, 2.05) is 0 Å². The molecular weight excluding hydrogens is 205 g/mol. The Balaban J connectivity index is 3.76. The largest absolute Gasteiger partial charge is 0.471 e. The summed E-state index contributed by atoms with van der Waals surface area (Å²) >= 11 is 0. The van der Waals surface area contributed by atoms with Gasteiger partial charge < -0.3 is 15.3 Å². The predicted octanol–water partition coefficient (Wildman–Crippen LogP) is 0.275. The standard InChI is InChI=1S/C6H9F3N2O3/c1-11(5(13)14)3-2-10-4(12)6(7,8)9/h2-3H2,1H3,(H,10,12)(H,13,14). The van der Waals surface area contributed by atoms with Gasteiger partial charge in [0.25, 0.3) is 0 Å². The molecule has 0 aromatic rings. The predicted molar refractivity (Wildman–Crippen MR) is 39.7 cm³/mol. The van der Waals surface area contributed by atoms with Crippen LogP contribution in [0.25, 0.3) is 0 Å². The highest BCUT2D eigenvalue weighted by Crippen LogP contribution is 2.13. The van der Waals surface area contributed by atoms with Gasteiger partial charge in [-0.2, -0.15) is 13.2 Å². The van der Waals surface area contributed by atoms with Crippen molar-refractivity contribution in [3.63, 3.8) is 0 Å². The molecule has 0 saturated carbocycles. The number of nitrogens with one attached hydrogen (secondary N) is 1. The minimum absolute atomic E-state index is 0.197. The molecule has 82 valence electrons. The number of nitrogens with zero attached hydrogens (tertiary/aromatic N) is 1. The van der Waals surface area contributed by atoms with Crippen molar-refractivity contribution >= 4 is 12.0 Å². The Bertz CT molecular complexity index is 229. The van der Waals surface area contributed by atoms with Crippen LogP contribution in [0.2, 0.25) is 0 Å². The third-order valence-corrected chi connectivity index (χ3v) is 1.32. The third-order valence-electron chi connectivity index (χ3n) is 1.32. The van der Waals surface area contributed by atoms with Crippen LogP contribution >= 0.6 is 0 Å². The molecule has 0 saturated heterocycles. The number of rotatable bonds is 3. The van der Waals surface area contributed by atoms with Crippen LogP contribution in [0.5, 0.6) is 0 Å². The van der Waals surface area contributed by atoms with Gasteiger partial charge in [0.05, 0.1) is 0 Å². The quantitative estimate of drug-likeness (QED) is 0.708. The first-order valence-electron chi connectivity index (χ1n) is 3.54. The smallest absolute Gasteiger partial charge is 0.465 e. The molecule has 0 aromatic carbocycles. The highest BCUT2D eigenvalue weighted by molar-refractivity contribution is 5.81. The van der Waals surface area contributed by atoms with E-state index in [9.17, 15) is 22.8 Å². The van der Waals surface area contributed by atoms with Crippen LogP contribution in [0, 0.1) is 0 Å². The zero-order valence-corrected chi connectivity index (χ0v) is 7.26. The number of carbonyl (C=O) groups is 2. The number of alkyl halides is 3. The average molecular weight is 214 g/mol. The van der Waals surface area contributed by atoms with Crippen LogP contribution in [0.3, 0.4) is 0 Å². The van der Waals surface area contributed by atoms with Gasteiger partial charge in [0, 0.05) is 20.1 Å². The summed E-state index contributed by atoms with van der Waals surface area (Å²) in [6, 6.07) is 0. The molecule has 0 heterocycles. The van der Waals surface area contributed by atoms with Crippen LogP contribution in [0.4, 0.5) is 18.0 Å². The monoisotopic (exact) mass is 214 g/mol. The van der Waals surface area contributed by atoms with Gasteiger partial charge in [-0.1, -0.05) is 0 Å². The Hall–Kier alpha value is -1.47. The molecule has 2 N–H and O–H groups in total. The molecule has 0 aliphatic rings. The van der Waals surface area contributed by atoms with Gasteiger partial charge in [-0.05, 0) is 0 Å². The lowest BCUT2D eigenvalue weighted by atomic mass is 10.5. The van der Waals surface area contributed by atoms with Gasteiger partial charge in [0.15, 0.2) is 0 Å². The Morgan fingerprint density at radius 2 is 1.93 bits per heavy atom. The van der Waals surface area contributed by atoms with Crippen LogP contribution in [-0.4, -0.2) is 48.3 Å². The van der Waals surface area contributed by atoms with E-state index in [4.69, 9.17) is 5.11 Å². The minimum Gasteiger partial charge on any atom is -0.465 e. The van der Waals surface area contributed by atoms with E-state index in [-0.39, 0.29) is 13.1 Å². The summed E-state index contributed by atoms with van der Waals surface area (Å²) in [5.74, 6) is -2.07. The molecule has 0 aliphatic carbocycles. The fourth-order valence-corrected chi connectivity index (χ4v) is 0.533. The lowest BCUT2D eigenvalue weighted by Crippen LogP contribution is -2.41. The van der Waals surface area contributed by atoms with E-state index in [2.05, 4.69) is 0 Å². The molecular formula is C6H9F3N2O3. The van der Waals surface area contributed by atoms with E-state index in [0.717, 1.165) is 4.90 Å². The molecule has 2 amide bonds. The lowest BCUT2D eigenvalue weighted by molar-refractivity contribution is -0.173. The van der Waals surface area contributed by atoms with Crippen molar-refractivity contribution in [2.75, 3.05) is 20.1 Å². The molecule has 8 heteroatoms. The summed E-state index contributed by atoms with van der Waals surface area (Å²) in [6.45, 7) is -0.571. The number of carbonyl (C=O) groups excluding carboxylic acids is 1. The molecule has 5 nitrogen and oxygen atoms in total. The summed E-state index contributed by atoms with van der Waals surface area (Å²) in [7, 11) is 1.18. The maximum atomic E-state index is 11.6. The maximum Gasteiger partial charge on any atom is 0.471 e. The van der Waals surface area contributed by atoms with Gasteiger partial charge >= 0.3 is 18.2 Å². The topological polar surface area (TPSA) is 69.6 Å². The first-order chi connectivity index (χ1) is 6.25. The molecule has 0 rings (SSSR count). The molecule has 0 unspecified atom stereocenters. The number of halogens is 3. The molecule has 0 atom stereocenters. The van der Waals surface area contributed by atoms with Crippen molar-refractivity contribution in [3.05, 3.63) is 0 Å². The molecule has 14 heavy (non-hydrogen) atoms. The van der Waals surface area contributed by atoms with E-state index >= 15 is 0 Å². The van der Waals surface area contributed by atoms with Gasteiger partial charge in [0.1, 0.15) is 0 Å². The summed E-state index contributed by atoms with van der Waals surface area (Å²) in [6.07, 6.45) is -6.20. The number of likely N-dealkylation sites (N-methyl/N-ethyl adjacent to an activating group) is 1. The Kier molecular flexibility index (Phi) is 4.19. The van der Waals surface area contributed by atoms with Crippen molar-refractivity contribution in [2.45, 2.75) is 6.18 Å². The molecule has 0 bridgehead atoms. The summed E-state index contributed by atoms with van der Waals surface area (Å²) < 4.78 is 34.8.